The van der Waals surface area contributed by atoms with Gasteiger partial charge in [0.25, 0.3) is 0 Å². The van der Waals surface area contributed by atoms with Crippen LogP contribution in [0.5, 0.6) is 0 Å². The summed E-state index contributed by atoms with van der Waals surface area (Å²) in [7, 11) is 0. The number of nitrogens with one attached hydrogen (secondary N) is 2. The van der Waals surface area contributed by atoms with Crippen molar-refractivity contribution in [1.29, 1.82) is 0 Å². The van der Waals surface area contributed by atoms with Crippen LogP contribution < -0.4 is 5.32 Å². The lowest BCUT2D eigenvalue weighted by Gasteiger charge is -2.08. The van der Waals surface area contributed by atoms with Crippen molar-refractivity contribution in [2.45, 2.75) is 20.8 Å². The van der Waals surface area contributed by atoms with Crippen LogP contribution in [-0.4, -0.2) is 15.0 Å². The first kappa shape index (κ1) is 11.7. The van der Waals surface area contributed by atoms with Crippen molar-refractivity contribution in [2.75, 3.05) is 5.32 Å². The molecule has 4 heteroatoms. The minimum atomic E-state index is 0.831. The van der Waals surface area contributed by atoms with E-state index in [9.17, 15) is 0 Å². The number of rotatable bonds is 2. The minimum absolute atomic E-state index is 0.831. The number of hydrogen-bond acceptors (Lipinski definition) is 3. The van der Waals surface area contributed by atoms with Gasteiger partial charge in [-0.3, -0.25) is 0 Å². The zero-order chi connectivity index (χ0) is 13.4. The highest BCUT2D eigenvalue weighted by Gasteiger charge is 2.06. The number of nitrogens with zero attached hydrogens (tertiary/aromatic N) is 2. The fourth-order valence-electron chi connectivity index (χ4n) is 2.13. The summed E-state index contributed by atoms with van der Waals surface area (Å²) in [5, 5.41) is 4.37. The fraction of sp³-hybridized carbons (Fsp3) is 0.200. The molecule has 0 fully saturated rings. The average Bonchev–Trinajstić information content (AvgIpc) is 2.75. The zero-order valence-electron chi connectivity index (χ0n) is 11.3. The number of aryl methyl sites for hydroxylation is 3. The molecule has 0 amide bonds. The van der Waals surface area contributed by atoms with Crippen LogP contribution in [0.3, 0.4) is 0 Å². The first-order valence-electron chi connectivity index (χ1n) is 6.28. The highest BCUT2D eigenvalue weighted by Crippen LogP contribution is 2.24. The molecule has 4 nitrogen and oxygen atoms in total. The number of aromatic nitrogens is 3. The summed E-state index contributed by atoms with van der Waals surface area (Å²) in [4.78, 5) is 11.8. The number of fused-ring (bicyclic) bond motifs is 1. The summed E-state index contributed by atoms with van der Waals surface area (Å²) in [5.74, 6) is 0.831. The van der Waals surface area contributed by atoms with Gasteiger partial charge in [-0.15, -0.1) is 0 Å². The maximum Gasteiger partial charge on any atom is 0.143 e. The summed E-state index contributed by atoms with van der Waals surface area (Å²) in [6.07, 6.45) is 1.57. The van der Waals surface area contributed by atoms with Gasteiger partial charge >= 0.3 is 0 Å². The van der Waals surface area contributed by atoms with Crippen LogP contribution in [0.25, 0.3) is 11.0 Å². The van der Waals surface area contributed by atoms with Gasteiger partial charge in [0.2, 0.25) is 0 Å². The maximum absolute atomic E-state index is 4.33. The summed E-state index contributed by atoms with van der Waals surface area (Å²) >= 11 is 0. The van der Waals surface area contributed by atoms with E-state index < -0.39 is 0 Å². The smallest absolute Gasteiger partial charge is 0.143 e. The monoisotopic (exact) mass is 252 g/mol. The Morgan fingerprint density at radius 1 is 1.00 bits per heavy atom. The van der Waals surface area contributed by atoms with Crippen LogP contribution in [-0.2, 0) is 0 Å². The van der Waals surface area contributed by atoms with Crippen LogP contribution in [0.4, 0.5) is 11.5 Å². The number of anilines is 2. The molecule has 0 atom stereocenters. The highest BCUT2D eigenvalue weighted by molar-refractivity contribution is 5.89. The Morgan fingerprint density at radius 2 is 1.84 bits per heavy atom. The van der Waals surface area contributed by atoms with E-state index in [-0.39, 0.29) is 0 Å². The largest absolute Gasteiger partial charge is 0.343 e. The molecule has 0 aliphatic heterocycles. The third-order valence-corrected chi connectivity index (χ3v) is 3.33. The van der Waals surface area contributed by atoms with E-state index in [1.54, 1.807) is 6.33 Å². The molecular weight excluding hydrogens is 236 g/mol. The molecule has 0 saturated carbocycles. The van der Waals surface area contributed by atoms with Crippen molar-refractivity contribution in [3.63, 3.8) is 0 Å². The molecule has 2 N–H and O–H groups in total. The second-order valence-corrected chi connectivity index (χ2v) is 4.86. The standard InChI is InChI=1S/C15H16N4/c1-9-4-5-12(6-10(9)2)19-15-13-7-11(3)18-14(13)16-8-17-15/h4-8H,1-3H3,(H2,16,17,18,19). The number of hydrogen-bond donors (Lipinski definition) is 2. The first-order chi connectivity index (χ1) is 9.13. The van der Waals surface area contributed by atoms with Gasteiger partial charge in [0, 0.05) is 11.4 Å². The Hall–Kier alpha value is -2.36. The second kappa shape index (κ2) is 4.39. The lowest BCUT2D eigenvalue weighted by atomic mass is 10.1. The molecule has 3 rings (SSSR count). The minimum Gasteiger partial charge on any atom is -0.343 e. The molecule has 1 aromatic carbocycles. The number of benzene rings is 1. The van der Waals surface area contributed by atoms with Crippen LogP contribution in [0.1, 0.15) is 16.8 Å². The first-order valence-corrected chi connectivity index (χ1v) is 6.28. The van der Waals surface area contributed by atoms with Gasteiger partial charge in [0.15, 0.2) is 0 Å². The summed E-state index contributed by atoms with van der Waals surface area (Å²) in [6, 6.07) is 8.36. The van der Waals surface area contributed by atoms with Crippen molar-refractivity contribution in [3.05, 3.63) is 47.4 Å². The summed E-state index contributed by atoms with van der Waals surface area (Å²) < 4.78 is 0. The molecule has 0 bridgehead atoms. The Morgan fingerprint density at radius 3 is 2.63 bits per heavy atom. The molecule has 19 heavy (non-hydrogen) atoms. The van der Waals surface area contributed by atoms with Gasteiger partial charge < -0.3 is 10.3 Å². The van der Waals surface area contributed by atoms with Gasteiger partial charge in [-0.25, -0.2) is 9.97 Å². The highest BCUT2D eigenvalue weighted by atomic mass is 15.0. The van der Waals surface area contributed by atoms with Crippen LogP contribution >= 0.6 is 0 Å². The van der Waals surface area contributed by atoms with E-state index >= 15 is 0 Å². The van der Waals surface area contributed by atoms with E-state index in [2.05, 4.69) is 58.4 Å². The van der Waals surface area contributed by atoms with Gasteiger partial charge in [0.05, 0.1) is 5.39 Å². The lowest BCUT2D eigenvalue weighted by molar-refractivity contribution is 1.18. The predicted octanol–water partition coefficient (Wildman–Crippen LogP) is 3.63. The van der Waals surface area contributed by atoms with Crippen LogP contribution in [0.15, 0.2) is 30.6 Å². The quantitative estimate of drug-likeness (QED) is 0.732. The summed E-state index contributed by atoms with van der Waals surface area (Å²) in [5.41, 5.74) is 5.54. The topological polar surface area (TPSA) is 53.6 Å². The van der Waals surface area contributed by atoms with Gasteiger partial charge in [0.1, 0.15) is 17.8 Å². The van der Waals surface area contributed by atoms with Crippen LogP contribution in [0.2, 0.25) is 0 Å². The molecule has 2 heterocycles. The Kier molecular flexibility index (Phi) is 2.71. The molecule has 0 radical (unpaired) electrons. The molecule has 96 valence electrons. The van der Waals surface area contributed by atoms with Crippen molar-refractivity contribution >= 4 is 22.5 Å². The Bertz CT molecular complexity index is 743. The molecule has 0 aliphatic carbocycles. The van der Waals surface area contributed by atoms with Gasteiger partial charge in [-0.05, 0) is 50.1 Å². The zero-order valence-corrected chi connectivity index (χ0v) is 11.3. The molecule has 0 unspecified atom stereocenters. The van der Waals surface area contributed by atoms with Crippen molar-refractivity contribution in [1.82, 2.24) is 15.0 Å². The van der Waals surface area contributed by atoms with Crippen LogP contribution in [0, 0.1) is 20.8 Å². The molecule has 0 saturated heterocycles. The van der Waals surface area contributed by atoms with Gasteiger partial charge in [-0.2, -0.15) is 0 Å². The van der Waals surface area contributed by atoms with Crippen molar-refractivity contribution in [3.8, 4) is 0 Å². The van der Waals surface area contributed by atoms with E-state index in [0.29, 0.717) is 0 Å². The molecular formula is C15H16N4. The van der Waals surface area contributed by atoms with E-state index in [1.807, 2.05) is 6.92 Å². The van der Waals surface area contributed by atoms with E-state index in [1.165, 1.54) is 11.1 Å². The molecule has 3 aromatic rings. The van der Waals surface area contributed by atoms with Crippen molar-refractivity contribution < 1.29 is 0 Å². The Balaban J connectivity index is 2.02. The molecule has 0 aliphatic rings. The third kappa shape index (κ3) is 2.17. The molecule has 2 aromatic heterocycles. The fourth-order valence-corrected chi connectivity index (χ4v) is 2.13. The maximum atomic E-state index is 4.33. The number of aromatic amines is 1. The SMILES string of the molecule is Cc1cc2c(Nc3ccc(C)c(C)c3)ncnc2[nH]1. The predicted molar refractivity (Wildman–Crippen MR) is 77.8 cm³/mol. The summed E-state index contributed by atoms with van der Waals surface area (Å²) in [6.45, 7) is 6.23. The lowest BCUT2D eigenvalue weighted by Crippen LogP contribution is -1.95. The number of H-pyrrole nitrogens is 1. The normalized spacial score (nSPS) is 10.9. The average molecular weight is 252 g/mol. The second-order valence-electron chi connectivity index (χ2n) is 4.86. The van der Waals surface area contributed by atoms with E-state index in [4.69, 9.17) is 0 Å². The van der Waals surface area contributed by atoms with E-state index in [0.717, 1.165) is 28.2 Å². The molecule has 0 spiro atoms. The van der Waals surface area contributed by atoms with Gasteiger partial charge in [-0.1, -0.05) is 6.07 Å². The third-order valence-electron chi connectivity index (χ3n) is 3.33. The Labute approximate surface area is 111 Å². The van der Waals surface area contributed by atoms with Crippen molar-refractivity contribution in [2.24, 2.45) is 0 Å².